The summed E-state index contributed by atoms with van der Waals surface area (Å²) in [4.78, 5) is 6.82. The van der Waals surface area contributed by atoms with Gasteiger partial charge in [0.15, 0.2) is 0 Å². The predicted molar refractivity (Wildman–Crippen MR) is 107 cm³/mol. The zero-order valence-electron chi connectivity index (χ0n) is 15.5. The average Bonchev–Trinajstić information content (AvgIpc) is 2.65. The Morgan fingerprint density at radius 3 is 2.65 bits per heavy atom. The fraction of sp³-hybridized carbons (Fsp3) is 0.571. The molecule has 2 aliphatic rings. The zero-order chi connectivity index (χ0) is 17.1. The molecule has 1 aromatic heterocycles. The van der Waals surface area contributed by atoms with Crippen LogP contribution in [0.1, 0.15) is 31.2 Å². The van der Waals surface area contributed by atoms with Gasteiger partial charge in [0.1, 0.15) is 11.9 Å². The Kier molecular flexibility index (Phi) is 6.74. The molecule has 0 radical (unpaired) electrons. The summed E-state index contributed by atoms with van der Waals surface area (Å²) in [5.41, 5.74) is 1.20. The van der Waals surface area contributed by atoms with Crippen LogP contribution < -0.4 is 4.74 Å². The van der Waals surface area contributed by atoms with E-state index in [0.717, 1.165) is 50.8 Å². The van der Waals surface area contributed by atoms with Crippen LogP contribution in [0.15, 0.2) is 30.6 Å². The third-order valence-corrected chi connectivity index (χ3v) is 5.62. The lowest BCUT2D eigenvalue weighted by molar-refractivity contribution is 0.0388. The van der Waals surface area contributed by atoms with Gasteiger partial charge in [-0.25, -0.2) is 0 Å². The number of benzene rings is 1. The quantitative estimate of drug-likeness (QED) is 0.799. The molecule has 1 aromatic carbocycles. The number of nitrogens with zero attached hydrogens (tertiary/aromatic N) is 2. The highest BCUT2D eigenvalue weighted by Gasteiger charge is 2.24. The largest absolute Gasteiger partial charge is 0.490 e. The molecule has 0 atom stereocenters. The fourth-order valence-electron chi connectivity index (χ4n) is 4.04. The van der Waals surface area contributed by atoms with Gasteiger partial charge in [-0.15, -0.1) is 12.4 Å². The van der Waals surface area contributed by atoms with Gasteiger partial charge in [-0.3, -0.25) is 4.98 Å². The minimum Gasteiger partial charge on any atom is -0.490 e. The van der Waals surface area contributed by atoms with Crippen molar-refractivity contribution >= 4 is 23.2 Å². The summed E-state index contributed by atoms with van der Waals surface area (Å²) in [6.45, 7) is 7.55. The molecule has 0 N–H and O–H groups in total. The number of likely N-dealkylation sites (tertiary alicyclic amines) is 1. The second-order valence-corrected chi connectivity index (χ2v) is 7.51. The molecule has 5 heteroatoms. The van der Waals surface area contributed by atoms with Gasteiger partial charge in [-0.2, -0.15) is 0 Å². The summed E-state index contributed by atoms with van der Waals surface area (Å²) < 4.78 is 11.8. The number of pyridine rings is 1. The monoisotopic (exact) mass is 376 g/mol. The maximum absolute atomic E-state index is 6.37. The van der Waals surface area contributed by atoms with Gasteiger partial charge in [0.05, 0.1) is 0 Å². The lowest BCUT2D eigenvalue weighted by atomic mass is 9.98. The average molecular weight is 377 g/mol. The number of piperidine rings is 1. The van der Waals surface area contributed by atoms with Crippen LogP contribution in [0.3, 0.4) is 0 Å². The van der Waals surface area contributed by atoms with Crippen LogP contribution in [-0.2, 0) is 4.74 Å². The van der Waals surface area contributed by atoms with Crippen LogP contribution in [0, 0.1) is 12.8 Å². The summed E-state index contributed by atoms with van der Waals surface area (Å²) in [7, 11) is 0. The van der Waals surface area contributed by atoms with E-state index in [1.807, 2.05) is 12.4 Å². The summed E-state index contributed by atoms with van der Waals surface area (Å²) in [5.74, 6) is 1.85. The van der Waals surface area contributed by atoms with Crippen molar-refractivity contribution in [3.63, 3.8) is 0 Å². The van der Waals surface area contributed by atoms with Crippen molar-refractivity contribution in [2.45, 2.75) is 38.7 Å². The Bertz CT molecular complexity index is 710. The zero-order valence-corrected chi connectivity index (χ0v) is 16.3. The molecular formula is C21H29ClN2O2. The van der Waals surface area contributed by atoms with Gasteiger partial charge in [0.2, 0.25) is 0 Å². The van der Waals surface area contributed by atoms with Crippen LogP contribution in [-0.4, -0.2) is 48.8 Å². The van der Waals surface area contributed by atoms with E-state index in [9.17, 15) is 0 Å². The number of hydrogen-bond donors (Lipinski definition) is 0. The molecule has 2 saturated heterocycles. The first kappa shape index (κ1) is 19.4. The summed E-state index contributed by atoms with van der Waals surface area (Å²) >= 11 is 0. The van der Waals surface area contributed by atoms with Crippen molar-refractivity contribution < 1.29 is 9.47 Å². The normalized spacial score (nSPS) is 20.0. The van der Waals surface area contributed by atoms with Gasteiger partial charge < -0.3 is 14.4 Å². The van der Waals surface area contributed by atoms with Crippen LogP contribution in [0.5, 0.6) is 5.75 Å². The molecule has 2 fully saturated rings. The van der Waals surface area contributed by atoms with Crippen LogP contribution >= 0.6 is 12.4 Å². The maximum atomic E-state index is 6.37. The highest BCUT2D eigenvalue weighted by Crippen LogP contribution is 2.28. The second kappa shape index (κ2) is 9.03. The SMILES string of the molecule is Cc1cc2cnccc2cc1OC1CCN(CC2CCOCC2)CC1.Cl. The molecule has 0 spiro atoms. The van der Waals surface area contributed by atoms with Crippen molar-refractivity contribution in [3.8, 4) is 5.75 Å². The molecule has 2 aromatic rings. The Labute approximate surface area is 162 Å². The molecule has 0 aliphatic carbocycles. The molecule has 142 valence electrons. The molecule has 0 amide bonds. The first-order valence-electron chi connectivity index (χ1n) is 9.59. The van der Waals surface area contributed by atoms with Crippen LogP contribution in [0.25, 0.3) is 10.8 Å². The Morgan fingerprint density at radius 2 is 1.88 bits per heavy atom. The van der Waals surface area contributed by atoms with Crippen molar-refractivity contribution in [3.05, 3.63) is 36.2 Å². The van der Waals surface area contributed by atoms with Gasteiger partial charge in [-0.05, 0) is 67.7 Å². The van der Waals surface area contributed by atoms with E-state index >= 15 is 0 Å². The Morgan fingerprint density at radius 1 is 1.12 bits per heavy atom. The number of aromatic nitrogens is 1. The number of ether oxygens (including phenoxy) is 2. The number of hydrogen-bond acceptors (Lipinski definition) is 4. The molecule has 4 nitrogen and oxygen atoms in total. The van der Waals surface area contributed by atoms with Gasteiger partial charge >= 0.3 is 0 Å². The van der Waals surface area contributed by atoms with E-state index in [1.54, 1.807) is 0 Å². The number of halogens is 1. The molecule has 0 unspecified atom stereocenters. The van der Waals surface area contributed by atoms with Gasteiger partial charge in [0, 0.05) is 50.6 Å². The fourth-order valence-corrected chi connectivity index (χ4v) is 4.04. The van der Waals surface area contributed by atoms with Crippen molar-refractivity contribution in [1.29, 1.82) is 0 Å². The molecular weight excluding hydrogens is 348 g/mol. The second-order valence-electron chi connectivity index (χ2n) is 7.51. The van der Waals surface area contributed by atoms with E-state index in [0.29, 0.717) is 6.10 Å². The Hall–Kier alpha value is -1.36. The number of rotatable bonds is 4. The standard InChI is InChI=1S/C21H28N2O2.ClH/c1-16-12-19-14-22-7-2-18(19)13-21(16)25-20-3-8-23(9-4-20)15-17-5-10-24-11-6-17;/h2,7,12-14,17,20H,3-6,8-11,15H2,1H3;1H. The van der Waals surface area contributed by atoms with Crippen molar-refractivity contribution in [1.82, 2.24) is 9.88 Å². The molecule has 4 rings (SSSR count). The van der Waals surface area contributed by atoms with Gasteiger partial charge in [-0.1, -0.05) is 0 Å². The van der Waals surface area contributed by atoms with E-state index in [-0.39, 0.29) is 12.4 Å². The lowest BCUT2D eigenvalue weighted by Crippen LogP contribution is -2.41. The van der Waals surface area contributed by atoms with Crippen LogP contribution in [0.2, 0.25) is 0 Å². The lowest BCUT2D eigenvalue weighted by Gasteiger charge is -2.35. The topological polar surface area (TPSA) is 34.6 Å². The Balaban J connectivity index is 0.00000196. The number of fused-ring (bicyclic) bond motifs is 1. The minimum absolute atomic E-state index is 0. The molecule has 0 bridgehead atoms. The van der Waals surface area contributed by atoms with Crippen molar-refractivity contribution in [2.24, 2.45) is 5.92 Å². The van der Waals surface area contributed by atoms with Crippen LogP contribution in [0.4, 0.5) is 0 Å². The molecule has 2 aliphatic heterocycles. The highest BCUT2D eigenvalue weighted by atomic mass is 35.5. The molecule has 3 heterocycles. The highest BCUT2D eigenvalue weighted by molar-refractivity contribution is 5.85. The van der Waals surface area contributed by atoms with E-state index < -0.39 is 0 Å². The van der Waals surface area contributed by atoms with Crippen molar-refractivity contribution in [2.75, 3.05) is 32.8 Å². The first-order valence-corrected chi connectivity index (χ1v) is 9.59. The first-order chi connectivity index (χ1) is 12.3. The summed E-state index contributed by atoms with van der Waals surface area (Å²) in [6, 6.07) is 6.40. The van der Waals surface area contributed by atoms with E-state index in [1.165, 1.54) is 35.7 Å². The smallest absolute Gasteiger partial charge is 0.123 e. The minimum atomic E-state index is 0. The summed E-state index contributed by atoms with van der Waals surface area (Å²) in [6.07, 6.45) is 8.79. The predicted octanol–water partition coefficient (Wildman–Crippen LogP) is 4.23. The number of aryl methyl sites for hydroxylation is 1. The summed E-state index contributed by atoms with van der Waals surface area (Å²) in [5, 5.41) is 2.38. The third kappa shape index (κ3) is 4.67. The van der Waals surface area contributed by atoms with E-state index in [2.05, 4.69) is 35.0 Å². The van der Waals surface area contributed by atoms with E-state index in [4.69, 9.17) is 9.47 Å². The van der Waals surface area contributed by atoms with Gasteiger partial charge in [0.25, 0.3) is 0 Å². The third-order valence-electron chi connectivity index (χ3n) is 5.62. The molecule has 0 saturated carbocycles. The maximum Gasteiger partial charge on any atom is 0.123 e. The molecule has 26 heavy (non-hydrogen) atoms.